The molecule has 7 heteroatoms. The van der Waals surface area contributed by atoms with Crippen LogP contribution in [0.5, 0.6) is 0 Å². The third-order valence-electron chi connectivity index (χ3n) is 4.87. The van der Waals surface area contributed by atoms with Crippen molar-refractivity contribution < 1.29 is 8.42 Å². The van der Waals surface area contributed by atoms with Crippen molar-refractivity contribution in [2.45, 2.75) is 50.2 Å². The number of fused-ring (bicyclic) bond motifs is 1. The molecule has 3 heterocycles. The smallest absolute Gasteiger partial charge is 0.262 e. The van der Waals surface area contributed by atoms with E-state index in [9.17, 15) is 8.42 Å². The quantitative estimate of drug-likeness (QED) is 0.835. The van der Waals surface area contributed by atoms with Gasteiger partial charge >= 0.3 is 0 Å². The molecule has 0 amide bonds. The molecule has 2 fully saturated rings. The van der Waals surface area contributed by atoms with Crippen LogP contribution in [-0.4, -0.2) is 58.9 Å². The van der Waals surface area contributed by atoms with Crippen molar-refractivity contribution in [3.63, 3.8) is 0 Å². The Morgan fingerprint density at radius 2 is 2.14 bits per heavy atom. The molecule has 21 heavy (non-hydrogen) atoms. The van der Waals surface area contributed by atoms with Gasteiger partial charge in [-0.15, -0.1) is 0 Å². The van der Waals surface area contributed by atoms with Crippen molar-refractivity contribution in [2.24, 2.45) is 7.05 Å². The molecule has 0 spiro atoms. The number of aromatic nitrogens is 2. The Kier molecular flexibility index (Phi) is 3.83. The standard InChI is InChI=1S/C14H24N4O2S/c1-4-12-8-17-7-5-6-13(17)9-18(12)21(19,20)14-10-16(3)11(2)15-14/h10,12-13H,4-9H2,1-3H3/t12-,13+/m1/s1. The van der Waals surface area contributed by atoms with E-state index in [4.69, 9.17) is 0 Å². The summed E-state index contributed by atoms with van der Waals surface area (Å²) in [5, 5.41) is 0.187. The van der Waals surface area contributed by atoms with Gasteiger partial charge in [-0.25, -0.2) is 13.4 Å². The molecule has 0 N–H and O–H groups in total. The minimum absolute atomic E-state index is 0.0617. The largest absolute Gasteiger partial charge is 0.337 e. The van der Waals surface area contributed by atoms with E-state index in [1.165, 1.54) is 6.42 Å². The van der Waals surface area contributed by atoms with Crippen LogP contribution < -0.4 is 0 Å². The lowest BCUT2D eigenvalue weighted by Crippen LogP contribution is -2.57. The molecular weight excluding hydrogens is 288 g/mol. The zero-order valence-electron chi connectivity index (χ0n) is 13.0. The lowest BCUT2D eigenvalue weighted by molar-refractivity contribution is 0.106. The molecule has 0 radical (unpaired) electrons. The van der Waals surface area contributed by atoms with Crippen molar-refractivity contribution >= 4 is 10.0 Å². The molecule has 0 aromatic carbocycles. The van der Waals surface area contributed by atoms with Crippen LogP contribution >= 0.6 is 0 Å². The average Bonchev–Trinajstić information content (AvgIpc) is 3.04. The van der Waals surface area contributed by atoms with E-state index >= 15 is 0 Å². The van der Waals surface area contributed by atoms with Gasteiger partial charge in [0.2, 0.25) is 0 Å². The second-order valence-corrected chi connectivity index (χ2v) is 8.00. The second kappa shape index (κ2) is 5.37. The number of imidazole rings is 1. The summed E-state index contributed by atoms with van der Waals surface area (Å²) in [6.07, 6.45) is 4.74. The lowest BCUT2D eigenvalue weighted by atomic mass is 10.1. The predicted octanol–water partition coefficient (Wildman–Crippen LogP) is 0.976. The summed E-state index contributed by atoms with van der Waals surface area (Å²) in [6.45, 7) is 6.46. The summed E-state index contributed by atoms with van der Waals surface area (Å²) in [7, 11) is -1.66. The molecule has 1 aromatic rings. The number of aryl methyl sites for hydroxylation is 2. The van der Waals surface area contributed by atoms with Crippen LogP contribution in [-0.2, 0) is 17.1 Å². The molecule has 2 atom stereocenters. The molecule has 118 valence electrons. The number of hydrogen-bond donors (Lipinski definition) is 0. The van der Waals surface area contributed by atoms with E-state index in [1.807, 2.05) is 14.0 Å². The van der Waals surface area contributed by atoms with Crippen LogP contribution in [0.25, 0.3) is 0 Å². The molecule has 0 saturated carbocycles. The van der Waals surface area contributed by atoms with E-state index < -0.39 is 10.0 Å². The monoisotopic (exact) mass is 312 g/mol. The molecule has 0 unspecified atom stereocenters. The zero-order chi connectivity index (χ0) is 15.2. The van der Waals surface area contributed by atoms with Gasteiger partial charge in [0.15, 0.2) is 5.03 Å². The van der Waals surface area contributed by atoms with Gasteiger partial charge in [-0.3, -0.25) is 4.90 Å². The number of piperazine rings is 1. The van der Waals surface area contributed by atoms with E-state index in [1.54, 1.807) is 15.1 Å². The van der Waals surface area contributed by atoms with Crippen molar-refractivity contribution in [1.82, 2.24) is 18.8 Å². The zero-order valence-corrected chi connectivity index (χ0v) is 13.8. The van der Waals surface area contributed by atoms with Crippen LogP contribution in [0.3, 0.4) is 0 Å². The first-order valence-corrected chi connectivity index (χ1v) is 9.13. The van der Waals surface area contributed by atoms with E-state index in [0.717, 1.165) is 31.8 Å². The average molecular weight is 312 g/mol. The molecule has 2 aliphatic rings. The van der Waals surface area contributed by atoms with Crippen LogP contribution in [0, 0.1) is 6.92 Å². The van der Waals surface area contributed by atoms with E-state index in [2.05, 4.69) is 16.8 Å². The minimum atomic E-state index is -3.49. The fourth-order valence-electron chi connectivity index (χ4n) is 3.46. The van der Waals surface area contributed by atoms with Crippen LogP contribution in [0.1, 0.15) is 32.0 Å². The first kappa shape index (κ1) is 15.0. The number of sulfonamides is 1. The first-order valence-electron chi connectivity index (χ1n) is 7.69. The maximum absolute atomic E-state index is 12.9. The highest BCUT2D eigenvalue weighted by Gasteiger charge is 2.42. The van der Waals surface area contributed by atoms with Gasteiger partial charge in [0.25, 0.3) is 10.0 Å². The Bertz CT molecular complexity index is 605. The summed E-state index contributed by atoms with van der Waals surface area (Å²) in [6, 6.07) is 0.444. The Balaban J connectivity index is 1.92. The molecule has 6 nitrogen and oxygen atoms in total. The Morgan fingerprint density at radius 1 is 1.38 bits per heavy atom. The van der Waals surface area contributed by atoms with Gasteiger partial charge in [0.05, 0.1) is 0 Å². The number of rotatable bonds is 3. The van der Waals surface area contributed by atoms with Crippen molar-refractivity contribution in [3.8, 4) is 0 Å². The Hall–Kier alpha value is -0.920. The maximum Gasteiger partial charge on any atom is 0.262 e. The first-order chi connectivity index (χ1) is 9.93. The fraction of sp³-hybridized carbons (Fsp3) is 0.786. The van der Waals surface area contributed by atoms with Crippen LogP contribution in [0.15, 0.2) is 11.2 Å². The van der Waals surface area contributed by atoms with Crippen molar-refractivity contribution in [1.29, 1.82) is 0 Å². The van der Waals surface area contributed by atoms with Gasteiger partial charge in [-0.1, -0.05) is 6.92 Å². The number of nitrogens with zero attached hydrogens (tertiary/aromatic N) is 4. The lowest BCUT2D eigenvalue weighted by Gasteiger charge is -2.42. The summed E-state index contributed by atoms with van der Waals surface area (Å²) >= 11 is 0. The highest BCUT2D eigenvalue weighted by molar-refractivity contribution is 7.89. The van der Waals surface area contributed by atoms with E-state index in [0.29, 0.717) is 12.6 Å². The Morgan fingerprint density at radius 3 is 2.76 bits per heavy atom. The third kappa shape index (κ3) is 2.51. The van der Waals surface area contributed by atoms with E-state index in [-0.39, 0.29) is 11.1 Å². The highest BCUT2D eigenvalue weighted by atomic mass is 32.2. The molecule has 0 aliphatic carbocycles. The van der Waals surface area contributed by atoms with Gasteiger partial charge < -0.3 is 4.57 Å². The summed E-state index contributed by atoms with van der Waals surface area (Å²) in [4.78, 5) is 6.68. The summed E-state index contributed by atoms with van der Waals surface area (Å²) in [5.74, 6) is 0.723. The van der Waals surface area contributed by atoms with Crippen LogP contribution in [0.4, 0.5) is 0 Å². The van der Waals surface area contributed by atoms with Crippen LogP contribution in [0.2, 0.25) is 0 Å². The molecule has 0 bridgehead atoms. The normalized spacial score (nSPS) is 28.0. The van der Waals surface area contributed by atoms with Gasteiger partial charge in [-0.2, -0.15) is 4.31 Å². The summed E-state index contributed by atoms with van der Waals surface area (Å²) in [5.41, 5.74) is 0. The Labute approximate surface area is 126 Å². The molecule has 2 saturated heterocycles. The second-order valence-electron chi connectivity index (χ2n) is 6.17. The highest BCUT2D eigenvalue weighted by Crippen LogP contribution is 2.29. The molecule has 2 aliphatic heterocycles. The summed E-state index contributed by atoms with van der Waals surface area (Å²) < 4.78 is 29.3. The van der Waals surface area contributed by atoms with Crippen molar-refractivity contribution in [3.05, 3.63) is 12.0 Å². The molecular formula is C14H24N4O2S. The fourth-order valence-corrected chi connectivity index (χ4v) is 5.21. The molecule has 1 aromatic heterocycles. The van der Waals surface area contributed by atoms with Gasteiger partial charge in [-0.05, 0) is 32.7 Å². The topological polar surface area (TPSA) is 58.4 Å². The van der Waals surface area contributed by atoms with Gasteiger partial charge in [0.1, 0.15) is 5.82 Å². The molecule has 3 rings (SSSR count). The minimum Gasteiger partial charge on any atom is -0.337 e. The third-order valence-corrected chi connectivity index (χ3v) is 6.66. The number of hydrogen-bond acceptors (Lipinski definition) is 4. The SMILES string of the molecule is CC[C@@H]1CN2CCC[C@H]2CN1S(=O)(=O)c1cn(C)c(C)n1. The van der Waals surface area contributed by atoms with Crippen molar-refractivity contribution in [2.75, 3.05) is 19.6 Å². The maximum atomic E-state index is 12.9. The predicted molar refractivity (Wildman–Crippen MR) is 80.5 cm³/mol. The van der Waals surface area contributed by atoms with Gasteiger partial charge in [0, 0.05) is 38.4 Å².